The van der Waals surface area contributed by atoms with E-state index in [9.17, 15) is 13.2 Å². The summed E-state index contributed by atoms with van der Waals surface area (Å²) in [6.07, 6.45) is 2.49. The molecule has 1 saturated carbocycles. The fraction of sp³-hybridized carbons (Fsp3) is 0.333. The van der Waals surface area contributed by atoms with Crippen LogP contribution in [0.1, 0.15) is 24.6 Å². The molecule has 2 aromatic heterocycles. The van der Waals surface area contributed by atoms with Crippen molar-refractivity contribution in [1.82, 2.24) is 14.5 Å². The molecule has 3 rings (SSSR count). The van der Waals surface area contributed by atoms with E-state index in [2.05, 4.69) is 15.3 Å². The van der Waals surface area contributed by atoms with Crippen LogP contribution in [-0.2, 0) is 6.18 Å². The Morgan fingerprint density at radius 3 is 2.58 bits per heavy atom. The van der Waals surface area contributed by atoms with E-state index in [4.69, 9.17) is 0 Å². The van der Waals surface area contributed by atoms with Gasteiger partial charge in [-0.1, -0.05) is 0 Å². The van der Waals surface area contributed by atoms with E-state index in [1.165, 1.54) is 6.07 Å². The van der Waals surface area contributed by atoms with E-state index in [0.29, 0.717) is 17.7 Å². The highest BCUT2D eigenvalue weighted by Crippen LogP contribution is 2.37. The molecule has 1 N–H and O–H groups in total. The third-order valence-electron chi connectivity index (χ3n) is 2.92. The van der Waals surface area contributed by atoms with Crippen LogP contribution >= 0.6 is 0 Å². The van der Waals surface area contributed by atoms with Crippen LogP contribution in [0.5, 0.6) is 0 Å². The second kappa shape index (κ2) is 4.25. The van der Waals surface area contributed by atoms with Gasteiger partial charge in [0.25, 0.3) is 0 Å². The number of pyridine rings is 1. The second-order valence-corrected chi connectivity index (χ2v) is 4.44. The lowest BCUT2D eigenvalue weighted by Gasteiger charge is -2.10. The molecule has 1 aliphatic rings. The van der Waals surface area contributed by atoms with Gasteiger partial charge in [-0.3, -0.25) is 0 Å². The molecule has 19 heavy (non-hydrogen) atoms. The fourth-order valence-electron chi connectivity index (χ4n) is 1.82. The third kappa shape index (κ3) is 2.54. The van der Waals surface area contributed by atoms with Gasteiger partial charge in [0, 0.05) is 18.4 Å². The molecule has 1 fully saturated rings. The van der Waals surface area contributed by atoms with Crippen LogP contribution in [0.4, 0.5) is 24.8 Å². The van der Waals surface area contributed by atoms with Crippen molar-refractivity contribution in [3.63, 3.8) is 0 Å². The van der Waals surface area contributed by atoms with E-state index in [1.807, 2.05) is 10.8 Å². The standard InChI is InChI=1S/C12H11F3N4/c13-12(14,15)10-4-1-8(7-17-10)18-11-16-5-6-19(11)9-2-3-9/h1,4-7,9H,2-3H2,(H,16,18). The zero-order valence-corrected chi connectivity index (χ0v) is 9.85. The monoisotopic (exact) mass is 268 g/mol. The van der Waals surface area contributed by atoms with Crippen molar-refractivity contribution < 1.29 is 13.2 Å². The zero-order chi connectivity index (χ0) is 13.5. The van der Waals surface area contributed by atoms with Gasteiger partial charge in [0.15, 0.2) is 0 Å². The van der Waals surface area contributed by atoms with Gasteiger partial charge >= 0.3 is 6.18 Å². The minimum Gasteiger partial charge on any atom is -0.324 e. The molecule has 0 bridgehead atoms. The summed E-state index contributed by atoms with van der Waals surface area (Å²) in [6, 6.07) is 2.75. The van der Waals surface area contributed by atoms with Gasteiger partial charge in [-0.2, -0.15) is 13.2 Å². The number of imidazole rings is 1. The first kappa shape index (κ1) is 12.0. The Labute approximate surface area is 107 Å². The molecule has 100 valence electrons. The number of halogens is 3. The maximum Gasteiger partial charge on any atom is 0.433 e. The predicted molar refractivity (Wildman–Crippen MR) is 63.0 cm³/mol. The lowest BCUT2D eigenvalue weighted by atomic mass is 10.3. The normalized spacial score (nSPS) is 15.5. The maximum absolute atomic E-state index is 12.4. The summed E-state index contributed by atoms with van der Waals surface area (Å²) in [7, 11) is 0. The van der Waals surface area contributed by atoms with E-state index < -0.39 is 11.9 Å². The van der Waals surface area contributed by atoms with Crippen LogP contribution in [-0.4, -0.2) is 14.5 Å². The van der Waals surface area contributed by atoms with Crippen molar-refractivity contribution in [3.8, 4) is 0 Å². The van der Waals surface area contributed by atoms with Gasteiger partial charge in [0.2, 0.25) is 5.95 Å². The van der Waals surface area contributed by atoms with Crippen molar-refractivity contribution in [2.24, 2.45) is 0 Å². The summed E-state index contributed by atoms with van der Waals surface area (Å²) < 4.78 is 39.1. The lowest BCUT2D eigenvalue weighted by Crippen LogP contribution is -2.08. The van der Waals surface area contributed by atoms with Crippen LogP contribution in [0.2, 0.25) is 0 Å². The number of hydrogen-bond donors (Lipinski definition) is 1. The van der Waals surface area contributed by atoms with Crippen molar-refractivity contribution >= 4 is 11.6 Å². The Morgan fingerprint density at radius 1 is 1.21 bits per heavy atom. The Balaban J connectivity index is 1.78. The minimum atomic E-state index is -4.41. The number of nitrogens with one attached hydrogen (secondary N) is 1. The van der Waals surface area contributed by atoms with Gasteiger partial charge < -0.3 is 9.88 Å². The number of aromatic nitrogens is 3. The molecule has 1 aliphatic carbocycles. The summed E-state index contributed by atoms with van der Waals surface area (Å²) in [5.41, 5.74) is -0.412. The SMILES string of the molecule is FC(F)(F)c1ccc(Nc2nccn2C2CC2)cn1. The first-order valence-corrected chi connectivity index (χ1v) is 5.87. The van der Waals surface area contributed by atoms with E-state index in [1.54, 1.807) is 6.20 Å². The average molecular weight is 268 g/mol. The highest BCUT2D eigenvalue weighted by Gasteiger charge is 2.32. The summed E-state index contributed by atoms with van der Waals surface area (Å²) in [5.74, 6) is 0.629. The molecule has 0 amide bonds. The van der Waals surface area contributed by atoms with E-state index in [-0.39, 0.29) is 0 Å². The first-order chi connectivity index (χ1) is 9.04. The summed E-state index contributed by atoms with van der Waals surface area (Å²) in [4.78, 5) is 7.54. The fourth-order valence-corrected chi connectivity index (χ4v) is 1.82. The molecule has 4 nitrogen and oxygen atoms in total. The largest absolute Gasteiger partial charge is 0.433 e. The molecule has 2 aromatic rings. The van der Waals surface area contributed by atoms with Crippen molar-refractivity contribution in [2.45, 2.75) is 25.1 Å². The average Bonchev–Trinajstić information content (AvgIpc) is 3.10. The van der Waals surface area contributed by atoms with Crippen molar-refractivity contribution in [1.29, 1.82) is 0 Å². The molecule has 0 atom stereocenters. The van der Waals surface area contributed by atoms with Crippen LogP contribution in [0.25, 0.3) is 0 Å². The number of nitrogens with zero attached hydrogens (tertiary/aromatic N) is 3. The maximum atomic E-state index is 12.4. The van der Waals surface area contributed by atoms with E-state index >= 15 is 0 Å². The summed E-state index contributed by atoms with van der Waals surface area (Å²) in [6.45, 7) is 0. The first-order valence-electron chi connectivity index (χ1n) is 5.87. The highest BCUT2D eigenvalue weighted by molar-refractivity contribution is 5.52. The third-order valence-corrected chi connectivity index (χ3v) is 2.92. The highest BCUT2D eigenvalue weighted by atomic mass is 19.4. The summed E-state index contributed by atoms with van der Waals surface area (Å²) in [5, 5.41) is 2.97. The Hall–Kier alpha value is -2.05. The lowest BCUT2D eigenvalue weighted by molar-refractivity contribution is -0.141. The molecular weight excluding hydrogens is 257 g/mol. The Morgan fingerprint density at radius 2 is 2.00 bits per heavy atom. The van der Waals surface area contributed by atoms with E-state index in [0.717, 1.165) is 25.1 Å². The predicted octanol–water partition coefficient (Wildman–Crippen LogP) is 3.38. The van der Waals surface area contributed by atoms with Crippen LogP contribution in [0, 0.1) is 0 Å². The van der Waals surface area contributed by atoms with Gasteiger partial charge in [-0.15, -0.1) is 0 Å². The van der Waals surface area contributed by atoms with Crippen LogP contribution < -0.4 is 5.32 Å². The van der Waals surface area contributed by atoms with Crippen molar-refractivity contribution in [3.05, 3.63) is 36.4 Å². The Bertz CT molecular complexity index is 569. The Kier molecular flexibility index (Phi) is 2.69. The van der Waals surface area contributed by atoms with Gasteiger partial charge in [-0.05, 0) is 25.0 Å². The summed E-state index contributed by atoms with van der Waals surface area (Å²) >= 11 is 0. The molecule has 0 spiro atoms. The number of anilines is 2. The number of hydrogen-bond acceptors (Lipinski definition) is 3. The molecule has 2 heterocycles. The molecule has 0 unspecified atom stereocenters. The molecular formula is C12H11F3N4. The number of alkyl halides is 3. The molecule has 0 aliphatic heterocycles. The van der Waals surface area contributed by atoms with Crippen molar-refractivity contribution in [2.75, 3.05) is 5.32 Å². The molecule has 0 aromatic carbocycles. The minimum absolute atomic E-state index is 0.451. The number of rotatable bonds is 3. The molecule has 0 saturated heterocycles. The van der Waals surface area contributed by atoms with Gasteiger partial charge in [0.1, 0.15) is 5.69 Å². The molecule has 0 radical (unpaired) electrons. The van der Waals surface area contributed by atoms with Gasteiger partial charge in [0.05, 0.1) is 11.9 Å². The second-order valence-electron chi connectivity index (χ2n) is 4.44. The van der Waals surface area contributed by atoms with Crippen LogP contribution in [0.15, 0.2) is 30.7 Å². The quantitative estimate of drug-likeness (QED) is 0.928. The van der Waals surface area contributed by atoms with Gasteiger partial charge in [-0.25, -0.2) is 9.97 Å². The topological polar surface area (TPSA) is 42.7 Å². The smallest absolute Gasteiger partial charge is 0.324 e. The molecule has 7 heteroatoms. The zero-order valence-electron chi connectivity index (χ0n) is 9.85. The van der Waals surface area contributed by atoms with Crippen LogP contribution in [0.3, 0.4) is 0 Å².